The summed E-state index contributed by atoms with van der Waals surface area (Å²) >= 11 is 7.57. The van der Waals surface area contributed by atoms with Crippen LogP contribution in [0, 0.1) is 20.8 Å². The number of thiazole rings is 1. The molecule has 1 N–H and O–H groups in total. The van der Waals surface area contributed by atoms with Crippen molar-refractivity contribution in [2.45, 2.75) is 20.8 Å². The minimum Gasteiger partial charge on any atom is -0.497 e. The molecule has 0 saturated heterocycles. The number of benzene rings is 1. The van der Waals surface area contributed by atoms with Crippen molar-refractivity contribution in [1.29, 1.82) is 0 Å². The fourth-order valence-corrected chi connectivity index (χ4v) is 3.63. The Kier molecular flexibility index (Phi) is 4.83. The Morgan fingerprint density at radius 1 is 1.20 bits per heavy atom. The average molecular weight is 377 g/mol. The molecule has 0 radical (unpaired) electrons. The fourth-order valence-electron chi connectivity index (χ4n) is 2.54. The van der Waals surface area contributed by atoms with Crippen molar-refractivity contribution in [3.05, 3.63) is 51.2 Å². The number of halogens is 1. The number of nitrogens with one attached hydrogen (secondary N) is 1. The molecule has 2 heterocycles. The monoisotopic (exact) mass is 376 g/mol. The molecule has 3 aromatic rings. The van der Waals surface area contributed by atoms with Crippen LogP contribution in [0.1, 0.15) is 26.8 Å². The third-order valence-corrected chi connectivity index (χ3v) is 5.14. The number of aryl methyl sites for hydroxylation is 3. The van der Waals surface area contributed by atoms with E-state index in [1.165, 1.54) is 11.3 Å². The first-order valence-corrected chi connectivity index (χ1v) is 8.79. The second kappa shape index (κ2) is 6.90. The van der Waals surface area contributed by atoms with Crippen molar-refractivity contribution < 1.29 is 13.9 Å². The number of nitrogens with zero attached hydrogens (tertiary/aromatic N) is 1. The molecule has 5 nitrogen and oxygen atoms in total. The molecule has 0 atom stereocenters. The Morgan fingerprint density at radius 2 is 1.88 bits per heavy atom. The van der Waals surface area contributed by atoms with Gasteiger partial charge in [-0.1, -0.05) is 11.6 Å². The second-order valence-corrected chi connectivity index (χ2v) is 7.09. The lowest BCUT2D eigenvalue weighted by atomic mass is 10.1. The lowest BCUT2D eigenvalue weighted by molar-refractivity contribution is 0.102. The molecule has 0 spiro atoms. The maximum Gasteiger partial charge on any atom is 0.262 e. The van der Waals surface area contributed by atoms with Crippen LogP contribution in [0.25, 0.3) is 11.3 Å². The highest BCUT2D eigenvalue weighted by atomic mass is 35.5. The first-order chi connectivity index (χ1) is 11.9. The maximum atomic E-state index is 12.5. The molecule has 0 fully saturated rings. The Balaban J connectivity index is 1.86. The van der Waals surface area contributed by atoms with Gasteiger partial charge in [0, 0.05) is 10.4 Å². The van der Waals surface area contributed by atoms with Gasteiger partial charge in [0.25, 0.3) is 5.91 Å². The number of rotatable bonds is 4. The number of carbonyl (C=O) groups excluding carboxylic acids is 1. The molecule has 25 heavy (non-hydrogen) atoms. The largest absolute Gasteiger partial charge is 0.497 e. The molecule has 2 aromatic heterocycles. The summed E-state index contributed by atoms with van der Waals surface area (Å²) in [7, 11) is 1.63. The quantitative estimate of drug-likeness (QED) is 0.676. The van der Waals surface area contributed by atoms with Gasteiger partial charge >= 0.3 is 0 Å². The zero-order chi connectivity index (χ0) is 18.1. The van der Waals surface area contributed by atoms with E-state index in [-0.39, 0.29) is 5.91 Å². The van der Waals surface area contributed by atoms with Crippen LogP contribution in [0.4, 0.5) is 5.13 Å². The molecular weight excluding hydrogens is 360 g/mol. The van der Waals surface area contributed by atoms with Crippen LogP contribution in [0.2, 0.25) is 5.02 Å². The molecule has 1 aromatic carbocycles. The van der Waals surface area contributed by atoms with Gasteiger partial charge in [0.15, 0.2) is 5.13 Å². The Morgan fingerprint density at radius 3 is 2.44 bits per heavy atom. The van der Waals surface area contributed by atoms with E-state index in [2.05, 4.69) is 10.3 Å². The molecule has 0 saturated carbocycles. The summed E-state index contributed by atoms with van der Waals surface area (Å²) in [6.07, 6.45) is 0. The number of anilines is 1. The summed E-state index contributed by atoms with van der Waals surface area (Å²) in [5, 5.41) is 3.65. The predicted octanol–water partition coefficient (Wildman–Crippen LogP) is 5.24. The summed E-state index contributed by atoms with van der Waals surface area (Å²) in [6.45, 7) is 5.40. The lowest BCUT2D eigenvalue weighted by Crippen LogP contribution is -2.12. The summed E-state index contributed by atoms with van der Waals surface area (Å²) in [5.74, 6) is 1.47. The van der Waals surface area contributed by atoms with E-state index in [9.17, 15) is 4.79 Å². The normalized spacial score (nSPS) is 10.8. The second-order valence-electron chi connectivity index (χ2n) is 5.51. The van der Waals surface area contributed by atoms with E-state index < -0.39 is 0 Å². The van der Waals surface area contributed by atoms with E-state index in [4.69, 9.17) is 20.8 Å². The van der Waals surface area contributed by atoms with Gasteiger partial charge in [-0.2, -0.15) is 0 Å². The van der Waals surface area contributed by atoms with Gasteiger partial charge < -0.3 is 9.15 Å². The average Bonchev–Trinajstić information content (AvgIpc) is 3.06. The Hall–Kier alpha value is -2.31. The van der Waals surface area contributed by atoms with Crippen LogP contribution >= 0.6 is 22.9 Å². The van der Waals surface area contributed by atoms with Crippen LogP contribution in [0.5, 0.6) is 5.75 Å². The minimum atomic E-state index is -0.325. The number of amides is 1. The van der Waals surface area contributed by atoms with Gasteiger partial charge in [-0.05, 0) is 45.0 Å². The molecule has 0 aliphatic heterocycles. The van der Waals surface area contributed by atoms with Crippen LogP contribution in [0.15, 0.2) is 28.7 Å². The van der Waals surface area contributed by atoms with E-state index in [0.717, 1.165) is 21.9 Å². The molecule has 130 valence electrons. The van der Waals surface area contributed by atoms with Crippen molar-refractivity contribution in [1.82, 2.24) is 4.98 Å². The maximum absolute atomic E-state index is 12.5. The summed E-state index contributed by atoms with van der Waals surface area (Å²) in [6, 6.07) is 7.63. The number of hydrogen-bond donors (Lipinski definition) is 1. The van der Waals surface area contributed by atoms with Gasteiger partial charge in [0.2, 0.25) is 0 Å². The fraction of sp³-hybridized carbons (Fsp3) is 0.222. The highest BCUT2D eigenvalue weighted by Crippen LogP contribution is 2.33. The highest BCUT2D eigenvalue weighted by Gasteiger charge is 2.21. The number of aromatic nitrogens is 1. The van der Waals surface area contributed by atoms with Gasteiger partial charge in [-0.3, -0.25) is 10.1 Å². The summed E-state index contributed by atoms with van der Waals surface area (Å²) in [4.78, 5) is 18.0. The van der Waals surface area contributed by atoms with Crippen molar-refractivity contribution in [3.63, 3.8) is 0 Å². The molecule has 0 aliphatic rings. The van der Waals surface area contributed by atoms with Crippen LogP contribution in [-0.2, 0) is 0 Å². The molecule has 0 bridgehead atoms. The van der Waals surface area contributed by atoms with Crippen molar-refractivity contribution >= 4 is 34.0 Å². The Labute approximate surface area is 154 Å². The molecule has 1 amide bonds. The number of methoxy groups -OCH3 is 1. The van der Waals surface area contributed by atoms with Crippen LogP contribution in [0.3, 0.4) is 0 Å². The van der Waals surface area contributed by atoms with Crippen molar-refractivity contribution in [2.75, 3.05) is 12.4 Å². The van der Waals surface area contributed by atoms with E-state index >= 15 is 0 Å². The van der Waals surface area contributed by atoms with Gasteiger partial charge in [-0.25, -0.2) is 4.98 Å². The van der Waals surface area contributed by atoms with Gasteiger partial charge in [0.05, 0.1) is 23.4 Å². The SMILES string of the molecule is COc1ccc(-c2nc(NC(=O)c3c(C)oc(C)c3Cl)sc2C)cc1. The smallest absolute Gasteiger partial charge is 0.262 e. The number of hydrogen-bond acceptors (Lipinski definition) is 5. The third kappa shape index (κ3) is 3.41. The number of ether oxygens (including phenoxy) is 1. The van der Waals surface area contributed by atoms with E-state index in [1.54, 1.807) is 21.0 Å². The van der Waals surface area contributed by atoms with E-state index in [0.29, 0.717) is 27.2 Å². The first kappa shape index (κ1) is 17.5. The zero-order valence-corrected chi connectivity index (χ0v) is 15.8. The summed E-state index contributed by atoms with van der Waals surface area (Å²) < 4.78 is 10.6. The van der Waals surface area contributed by atoms with Gasteiger partial charge in [-0.15, -0.1) is 11.3 Å². The van der Waals surface area contributed by atoms with Crippen LogP contribution < -0.4 is 10.1 Å². The molecule has 7 heteroatoms. The number of carbonyl (C=O) groups is 1. The van der Waals surface area contributed by atoms with Crippen LogP contribution in [-0.4, -0.2) is 18.0 Å². The summed E-state index contributed by atoms with van der Waals surface area (Å²) in [5.41, 5.74) is 2.13. The molecule has 0 unspecified atom stereocenters. The topological polar surface area (TPSA) is 64.4 Å². The predicted molar refractivity (Wildman–Crippen MR) is 100.0 cm³/mol. The lowest BCUT2D eigenvalue weighted by Gasteiger charge is -2.02. The molecular formula is C18H17ClN2O3S. The van der Waals surface area contributed by atoms with E-state index in [1.807, 2.05) is 31.2 Å². The minimum absolute atomic E-state index is 0.325. The van der Waals surface area contributed by atoms with Gasteiger partial charge in [0.1, 0.15) is 17.3 Å². The zero-order valence-electron chi connectivity index (χ0n) is 14.3. The van der Waals surface area contributed by atoms with Crippen molar-refractivity contribution in [2.24, 2.45) is 0 Å². The number of furan rings is 1. The molecule has 3 rings (SSSR count). The first-order valence-electron chi connectivity index (χ1n) is 7.59. The van der Waals surface area contributed by atoms with Crippen molar-refractivity contribution in [3.8, 4) is 17.0 Å². The highest BCUT2D eigenvalue weighted by molar-refractivity contribution is 7.16. The third-order valence-electron chi connectivity index (χ3n) is 3.79. The Bertz CT molecular complexity index is 929. The molecule has 0 aliphatic carbocycles. The standard InChI is InChI=1S/C18H17ClN2O3S/c1-9-14(15(19)10(2)24-9)17(22)21-18-20-16(11(3)25-18)12-5-7-13(23-4)8-6-12/h5-8H,1-4H3,(H,20,21,22).